The number of alkyl halides is 1. The van der Waals surface area contributed by atoms with E-state index in [9.17, 15) is 0 Å². The molecule has 1 aromatic carbocycles. The number of benzene rings is 1. The second kappa shape index (κ2) is 6.26. The Balaban J connectivity index is 2.08. The lowest BCUT2D eigenvalue weighted by Gasteiger charge is -2.11. The smallest absolute Gasteiger partial charge is 0.165 e. The highest BCUT2D eigenvalue weighted by atomic mass is 35.5. The lowest BCUT2D eigenvalue weighted by molar-refractivity contribution is 0.282. The van der Waals surface area contributed by atoms with Gasteiger partial charge in [0.2, 0.25) is 0 Å². The number of rotatable bonds is 5. The molecule has 0 spiro atoms. The Morgan fingerprint density at radius 3 is 2.79 bits per heavy atom. The third kappa shape index (κ3) is 3.39. The molecule has 0 unspecified atom stereocenters. The molecule has 0 N–H and O–H groups in total. The summed E-state index contributed by atoms with van der Waals surface area (Å²) in [5.41, 5.74) is 0.962. The summed E-state index contributed by atoms with van der Waals surface area (Å²) in [4.78, 5) is 4.18. The minimum atomic E-state index is 0.246. The number of nitrogens with zero attached hydrogens (tertiary/aromatic N) is 3. The summed E-state index contributed by atoms with van der Waals surface area (Å²) in [5.74, 6) is 1.82. The lowest BCUT2D eigenvalue weighted by atomic mass is 10.2. The van der Waals surface area contributed by atoms with Crippen LogP contribution in [0.3, 0.4) is 0 Å². The second-order valence-corrected chi connectivity index (χ2v) is 5.08. The lowest BCUT2D eigenvalue weighted by Crippen LogP contribution is -2.10. The van der Waals surface area contributed by atoms with Crippen molar-refractivity contribution in [3.8, 4) is 5.75 Å². The van der Waals surface area contributed by atoms with E-state index in [1.54, 1.807) is 6.07 Å². The first-order valence-electron chi connectivity index (χ1n) is 5.97. The van der Waals surface area contributed by atoms with Crippen LogP contribution in [-0.4, -0.2) is 14.8 Å². The van der Waals surface area contributed by atoms with Gasteiger partial charge in [0.1, 0.15) is 18.7 Å². The first-order chi connectivity index (χ1) is 9.11. The van der Waals surface area contributed by atoms with E-state index in [1.165, 1.54) is 6.33 Å². The van der Waals surface area contributed by atoms with Crippen molar-refractivity contribution in [3.63, 3.8) is 0 Å². The van der Waals surface area contributed by atoms with Gasteiger partial charge in [0.15, 0.2) is 5.82 Å². The molecular formula is C13H15Cl2N3O. The maximum Gasteiger partial charge on any atom is 0.165 e. The van der Waals surface area contributed by atoms with E-state index < -0.39 is 0 Å². The average Bonchev–Trinajstić information content (AvgIpc) is 2.85. The highest BCUT2D eigenvalue weighted by Gasteiger charge is 2.09. The number of aromatic nitrogens is 3. The molecule has 19 heavy (non-hydrogen) atoms. The van der Waals surface area contributed by atoms with E-state index >= 15 is 0 Å². The molecule has 0 fully saturated rings. The van der Waals surface area contributed by atoms with Crippen LogP contribution < -0.4 is 4.74 Å². The zero-order chi connectivity index (χ0) is 13.8. The van der Waals surface area contributed by atoms with E-state index in [1.807, 2.05) is 30.7 Å². The van der Waals surface area contributed by atoms with Crippen molar-refractivity contribution < 1.29 is 4.74 Å². The third-order valence-corrected chi connectivity index (χ3v) is 3.25. The summed E-state index contributed by atoms with van der Waals surface area (Å²) in [6.07, 6.45) is 1.52. The van der Waals surface area contributed by atoms with Crippen LogP contribution in [0, 0.1) is 0 Å². The molecule has 1 heterocycles. The van der Waals surface area contributed by atoms with Crippen molar-refractivity contribution in [1.82, 2.24) is 14.8 Å². The van der Waals surface area contributed by atoms with Crippen LogP contribution in [0.15, 0.2) is 24.5 Å². The molecule has 2 rings (SSSR count). The molecule has 6 heteroatoms. The Labute approximate surface area is 122 Å². The van der Waals surface area contributed by atoms with Crippen molar-refractivity contribution in [2.75, 3.05) is 0 Å². The van der Waals surface area contributed by atoms with Crippen molar-refractivity contribution in [2.45, 2.75) is 32.4 Å². The standard InChI is InChI=1S/C13H15Cl2N3O/c1-9(2)18-13(16-8-17-18)7-19-12-4-3-10(6-14)5-11(12)15/h3-5,8-9H,6-7H2,1-2H3. The van der Waals surface area contributed by atoms with Gasteiger partial charge in [-0.25, -0.2) is 9.67 Å². The van der Waals surface area contributed by atoms with Gasteiger partial charge in [-0.2, -0.15) is 5.10 Å². The predicted molar refractivity (Wildman–Crippen MR) is 75.7 cm³/mol. The summed E-state index contributed by atoms with van der Waals surface area (Å²) in [6, 6.07) is 5.75. The number of hydrogen-bond donors (Lipinski definition) is 0. The molecule has 4 nitrogen and oxygen atoms in total. The monoisotopic (exact) mass is 299 g/mol. The molecule has 2 aromatic rings. The van der Waals surface area contributed by atoms with Crippen LogP contribution in [-0.2, 0) is 12.5 Å². The van der Waals surface area contributed by atoms with Crippen LogP contribution in [0.5, 0.6) is 5.75 Å². The highest BCUT2D eigenvalue weighted by molar-refractivity contribution is 6.32. The topological polar surface area (TPSA) is 39.9 Å². The van der Waals surface area contributed by atoms with Crippen LogP contribution in [0.1, 0.15) is 31.3 Å². The fourth-order valence-corrected chi connectivity index (χ4v) is 2.12. The van der Waals surface area contributed by atoms with Gasteiger partial charge in [-0.1, -0.05) is 17.7 Å². The van der Waals surface area contributed by atoms with E-state index in [0.717, 1.165) is 11.4 Å². The molecule has 0 saturated carbocycles. The molecule has 0 aliphatic heterocycles. The molecule has 102 valence electrons. The van der Waals surface area contributed by atoms with Crippen molar-refractivity contribution >= 4 is 23.2 Å². The van der Waals surface area contributed by atoms with Crippen LogP contribution in [0.4, 0.5) is 0 Å². The Kier molecular flexibility index (Phi) is 4.66. The molecule has 0 aliphatic carbocycles. The van der Waals surface area contributed by atoms with Crippen molar-refractivity contribution in [3.05, 3.63) is 40.9 Å². The minimum Gasteiger partial charge on any atom is -0.484 e. The SMILES string of the molecule is CC(C)n1ncnc1COc1ccc(CCl)cc1Cl. The highest BCUT2D eigenvalue weighted by Crippen LogP contribution is 2.26. The molecule has 0 amide bonds. The summed E-state index contributed by atoms with van der Waals surface area (Å²) >= 11 is 11.9. The molecule has 0 saturated heterocycles. The third-order valence-electron chi connectivity index (χ3n) is 2.64. The van der Waals surface area contributed by atoms with Crippen molar-refractivity contribution in [2.24, 2.45) is 0 Å². The molecule has 0 atom stereocenters. The summed E-state index contributed by atoms with van der Waals surface area (Å²) in [5, 5.41) is 4.70. The fraction of sp³-hybridized carbons (Fsp3) is 0.385. The largest absolute Gasteiger partial charge is 0.484 e. The number of halogens is 2. The summed E-state index contributed by atoms with van der Waals surface area (Å²) in [6.45, 7) is 4.42. The molecule has 1 aromatic heterocycles. The zero-order valence-electron chi connectivity index (χ0n) is 10.8. The van der Waals surface area contributed by atoms with Gasteiger partial charge in [-0.05, 0) is 31.5 Å². The molecule has 0 radical (unpaired) electrons. The molecular weight excluding hydrogens is 285 g/mol. The van der Waals surface area contributed by atoms with E-state index in [4.69, 9.17) is 27.9 Å². The quantitative estimate of drug-likeness (QED) is 0.788. The van der Waals surface area contributed by atoms with E-state index in [2.05, 4.69) is 10.1 Å². The maximum absolute atomic E-state index is 6.12. The summed E-state index contributed by atoms with van der Waals surface area (Å²) < 4.78 is 7.49. The Morgan fingerprint density at radius 2 is 2.16 bits per heavy atom. The normalized spacial score (nSPS) is 11.0. The zero-order valence-corrected chi connectivity index (χ0v) is 12.3. The van der Waals surface area contributed by atoms with Gasteiger partial charge in [0.05, 0.1) is 5.02 Å². The van der Waals surface area contributed by atoms with Gasteiger partial charge in [0.25, 0.3) is 0 Å². The first kappa shape index (κ1) is 14.2. The molecule has 0 aliphatic rings. The Morgan fingerprint density at radius 1 is 1.37 bits per heavy atom. The number of ether oxygens (including phenoxy) is 1. The average molecular weight is 300 g/mol. The van der Waals surface area contributed by atoms with Crippen LogP contribution >= 0.6 is 23.2 Å². The number of hydrogen-bond acceptors (Lipinski definition) is 3. The minimum absolute atomic E-state index is 0.246. The van der Waals surface area contributed by atoms with Gasteiger partial charge in [-0.3, -0.25) is 0 Å². The Hall–Kier alpha value is -1.26. The second-order valence-electron chi connectivity index (χ2n) is 4.40. The summed E-state index contributed by atoms with van der Waals surface area (Å²) in [7, 11) is 0. The first-order valence-corrected chi connectivity index (χ1v) is 6.88. The van der Waals surface area contributed by atoms with E-state index in [-0.39, 0.29) is 6.04 Å². The maximum atomic E-state index is 6.12. The van der Waals surface area contributed by atoms with Crippen LogP contribution in [0.25, 0.3) is 0 Å². The molecule has 0 bridgehead atoms. The fourth-order valence-electron chi connectivity index (χ4n) is 1.70. The van der Waals surface area contributed by atoms with Crippen LogP contribution in [0.2, 0.25) is 5.02 Å². The predicted octanol–water partition coefficient (Wildman–Crippen LogP) is 3.83. The Bertz CT molecular complexity index is 555. The van der Waals surface area contributed by atoms with Crippen molar-refractivity contribution in [1.29, 1.82) is 0 Å². The van der Waals surface area contributed by atoms with Gasteiger partial charge in [-0.15, -0.1) is 11.6 Å². The van der Waals surface area contributed by atoms with Gasteiger partial charge in [0, 0.05) is 11.9 Å². The van der Waals surface area contributed by atoms with Gasteiger partial charge >= 0.3 is 0 Å². The van der Waals surface area contributed by atoms with E-state index in [0.29, 0.717) is 23.3 Å². The van der Waals surface area contributed by atoms with Gasteiger partial charge < -0.3 is 4.74 Å².